The highest BCUT2D eigenvalue weighted by Crippen LogP contribution is 2.09. The fourth-order valence-corrected chi connectivity index (χ4v) is 2.21. The van der Waals surface area contributed by atoms with Crippen LogP contribution in [0.4, 0.5) is 0 Å². The zero-order valence-corrected chi connectivity index (χ0v) is 15.2. The van der Waals surface area contributed by atoms with Gasteiger partial charge in [0.1, 0.15) is 0 Å². The van der Waals surface area contributed by atoms with Gasteiger partial charge in [0.2, 0.25) is 15.9 Å². The van der Waals surface area contributed by atoms with Crippen LogP contribution in [0.5, 0.6) is 0 Å². The van der Waals surface area contributed by atoms with Gasteiger partial charge in [-0.3, -0.25) is 4.79 Å². The Morgan fingerprint density at radius 3 is 2.29 bits per heavy atom. The van der Waals surface area contributed by atoms with Gasteiger partial charge in [-0.05, 0) is 31.5 Å². The van der Waals surface area contributed by atoms with E-state index in [1.165, 1.54) is 17.0 Å². The van der Waals surface area contributed by atoms with Crippen LogP contribution < -0.4 is 15.8 Å². The van der Waals surface area contributed by atoms with Crippen molar-refractivity contribution in [2.75, 3.05) is 20.6 Å². The topological polar surface area (TPSA) is 117 Å². The number of hydrogen-bond acceptors (Lipinski definition) is 4. The van der Waals surface area contributed by atoms with E-state index in [2.05, 4.69) is 15.6 Å². The Morgan fingerprint density at radius 2 is 1.83 bits per heavy atom. The largest absolute Gasteiger partial charge is 0.354 e. The van der Waals surface area contributed by atoms with Gasteiger partial charge in [0.15, 0.2) is 5.96 Å². The first kappa shape index (κ1) is 19.9. The number of likely N-dealkylation sites (N-methyl/N-ethyl adjacent to an activating group) is 1. The molecule has 0 aliphatic heterocycles. The van der Waals surface area contributed by atoms with Crippen molar-refractivity contribution < 1.29 is 13.2 Å². The number of sulfonamides is 1. The average Bonchev–Trinajstić information content (AvgIpc) is 2.48. The second-order valence-corrected chi connectivity index (χ2v) is 7.36. The van der Waals surface area contributed by atoms with Crippen LogP contribution in [0.25, 0.3) is 0 Å². The molecular weight excluding hydrogens is 330 g/mol. The maximum atomic E-state index is 11.7. The lowest BCUT2D eigenvalue weighted by Crippen LogP contribution is -2.45. The average molecular weight is 355 g/mol. The maximum absolute atomic E-state index is 11.7. The van der Waals surface area contributed by atoms with E-state index in [-0.39, 0.29) is 23.4 Å². The first-order chi connectivity index (χ1) is 11.1. The predicted molar refractivity (Wildman–Crippen MR) is 93.9 cm³/mol. The number of primary sulfonamides is 1. The van der Waals surface area contributed by atoms with Gasteiger partial charge in [-0.2, -0.15) is 0 Å². The number of carbonyl (C=O) groups is 1. The van der Waals surface area contributed by atoms with Crippen molar-refractivity contribution in [1.82, 2.24) is 15.5 Å². The van der Waals surface area contributed by atoms with Gasteiger partial charge in [0, 0.05) is 20.1 Å². The molecule has 9 heteroatoms. The molecule has 0 unspecified atom stereocenters. The van der Waals surface area contributed by atoms with Gasteiger partial charge in [0.05, 0.1) is 18.0 Å². The van der Waals surface area contributed by atoms with Crippen molar-refractivity contribution >= 4 is 21.9 Å². The van der Waals surface area contributed by atoms with Crippen LogP contribution in [-0.4, -0.2) is 51.9 Å². The minimum Gasteiger partial charge on any atom is -0.354 e. The van der Waals surface area contributed by atoms with E-state index in [4.69, 9.17) is 5.14 Å². The Bertz CT molecular complexity index is 682. The molecule has 134 valence electrons. The third kappa shape index (κ3) is 6.97. The fraction of sp³-hybridized carbons (Fsp3) is 0.467. The van der Waals surface area contributed by atoms with Crippen LogP contribution in [0.2, 0.25) is 0 Å². The number of carbonyl (C=O) groups excluding carboxylic acids is 1. The summed E-state index contributed by atoms with van der Waals surface area (Å²) in [7, 11) is -0.327. The third-order valence-corrected chi connectivity index (χ3v) is 3.93. The number of hydrogen-bond donors (Lipinski definition) is 3. The molecule has 0 aliphatic rings. The molecule has 4 N–H and O–H groups in total. The molecule has 0 fully saturated rings. The molecule has 8 nitrogen and oxygen atoms in total. The second-order valence-electron chi connectivity index (χ2n) is 5.79. The summed E-state index contributed by atoms with van der Waals surface area (Å²) in [4.78, 5) is 17.6. The van der Waals surface area contributed by atoms with Crippen molar-refractivity contribution in [2.45, 2.75) is 31.3 Å². The molecule has 24 heavy (non-hydrogen) atoms. The summed E-state index contributed by atoms with van der Waals surface area (Å²) in [5, 5.41) is 11.2. The summed E-state index contributed by atoms with van der Waals surface area (Å²) in [6.07, 6.45) is 0. The van der Waals surface area contributed by atoms with Crippen molar-refractivity contribution in [2.24, 2.45) is 10.1 Å². The first-order valence-electron chi connectivity index (χ1n) is 7.46. The normalized spacial score (nSPS) is 12.2. The summed E-state index contributed by atoms with van der Waals surface area (Å²) in [6.45, 7) is 4.40. The molecule has 0 atom stereocenters. The molecule has 0 aromatic heterocycles. The summed E-state index contributed by atoms with van der Waals surface area (Å²) < 4.78 is 22.5. The summed E-state index contributed by atoms with van der Waals surface area (Å²) >= 11 is 0. The Kier molecular flexibility index (Phi) is 7.18. The number of nitrogens with one attached hydrogen (secondary N) is 2. The van der Waals surface area contributed by atoms with Crippen molar-refractivity contribution in [3.63, 3.8) is 0 Å². The highest BCUT2D eigenvalue weighted by Gasteiger charge is 2.08. The number of amides is 1. The van der Waals surface area contributed by atoms with Crippen LogP contribution >= 0.6 is 0 Å². The van der Waals surface area contributed by atoms with E-state index in [9.17, 15) is 13.2 Å². The number of benzene rings is 1. The molecule has 1 aromatic rings. The standard InChI is InChI=1S/C15H25N5O3S/c1-11(2)19-15(18-10-14(21)20(3)4)17-9-12-5-7-13(8-6-12)24(16,22)23/h5-8,11H,9-10H2,1-4H3,(H2,16,22,23)(H2,17,18,19). The fourth-order valence-electron chi connectivity index (χ4n) is 1.70. The van der Waals surface area contributed by atoms with E-state index in [1.54, 1.807) is 26.2 Å². The molecule has 0 bridgehead atoms. The quantitative estimate of drug-likeness (QED) is 0.485. The summed E-state index contributed by atoms with van der Waals surface area (Å²) in [5.74, 6) is 0.446. The molecule has 0 spiro atoms. The number of guanidine groups is 1. The van der Waals surface area contributed by atoms with Crippen LogP contribution in [0.3, 0.4) is 0 Å². The number of nitrogens with two attached hydrogens (primary N) is 1. The van der Waals surface area contributed by atoms with E-state index in [1.807, 2.05) is 13.8 Å². The molecule has 0 aliphatic carbocycles. The van der Waals surface area contributed by atoms with Gasteiger partial charge in [-0.1, -0.05) is 12.1 Å². The Hall–Kier alpha value is -2.13. The first-order valence-corrected chi connectivity index (χ1v) is 9.01. The number of aliphatic imine (C=N–C) groups is 1. The minimum atomic E-state index is -3.70. The lowest BCUT2D eigenvalue weighted by atomic mass is 10.2. The molecule has 0 saturated carbocycles. The SMILES string of the molecule is CC(C)NC(=NCc1ccc(S(N)(=O)=O)cc1)NCC(=O)N(C)C. The number of rotatable bonds is 6. The predicted octanol–water partition coefficient (Wildman–Crippen LogP) is -0.134. The molecular formula is C15H25N5O3S. The Labute approximate surface area is 143 Å². The van der Waals surface area contributed by atoms with Crippen LogP contribution in [-0.2, 0) is 21.4 Å². The van der Waals surface area contributed by atoms with E-state index < -0.39 is 10.0 Å². The number of nitrogens with zero attached hydrogens (tertiary/aromatic N) is 2. The lowest BCUT2D eigenvalue weighted by molar-refractivity contribution is -0.127. The smallest absolute Gasteiger partial charge is 0.241 e. The molecule has 0 saturated heterocycles. The van der Waals surface area contributed by atoms with Crippen molar-refractivity contribution in [3.05, 3.63) is 29.8 Å². The molecule has 1 amide bonds. The molecule has 0 heterocycles. The van der Waals surface area contributed by atoms with Crippen LogP contribution in [0.1, 0.15) is 19.4 Å². The van der Waals surface area contributed by atoms with E-state index >= 15 is 0 Å². The highest BCUT2D eigenvalue weighted by molar-refractivity contribution is 7.89. The van der Waals surface area contributed by atoms with E-state index in [0.29, 0.717) is 12.5 Å². The molecule has 0 radical (unpaired) electrons. The van der Waals surface area contributed by atoms with Gasteiger partial charge in [-0.15, -0.1) is 0 Å². The van der Waals surface area contributed by atoms with Gasteiger partial charge in [-0.25, -0.2) is 18.5 Å². The zero-order valence-electron chi connectivity index (χ0n) is 14.4. The van der Waals surface area contributed by atoms with Gasteiger partial charge in [0.25, 0.3) is 0 Å². The Morgan fingerprint density at radius 1 is 1.25 bits per heavy atom. The van der Waals surface area contributed by atoms with E-state index in [0.717, 1.165) is 5.56 Å². The minimum absolute atomic E-state index is 0.0606. The summed E-state index contributed by atoms with van der Waals surface area (Å²) in [6, 6.07) is 6.34. The van der Waals surface area contributed by atoms with Crippen LogP contribution in [0, 0.1) is 0 Å². The Balaban J connectivity index is 2.77. The van der Waals surface area contributed by atoms with Crippen molar-refractivity contribution in [1.29, 1.82) is 0 Å². The lowest BCUT2D eigenvalue weighted by Gasteiger charge is -2.16. The zero-order chi connectivity index (χ0) is 18.3. The third-order valence-electron chi connectivity index (χ3n) is 3.00. The van der Waals surface area contributed by atoms with Gasteiger partial charge < -0.3 is 15.5 Å². The monoisotopic (exact) mass is 355 g/mol. The second kappa shape index (κ2) is 8.65. The van der Waals surface area contributed by atoms with Gasteiger partial charge >= 0.3 is 0 Å². The highest BCUT2D eigenvalue weighted by atomic mass is 32.2. The van der Waals surface area contributed by atoms with Crippen molar-refractivity contribution in [3.8, 4) is 0 Å². The summed E-state index contributed by atoms with van der Waals surface area (Å²) in [5.41, 5.74) is 0.825. The molecule has 1 rings (SSSR count). The van der Waals surface area contributed by atoms with Crippen LogP contribution in [0.15, 0.2) is 34.2 Å². The molecule has 1 aromatic carbocycles. The maximum Gasteiger partial charge on any atom is 0.241 e.